The van der Waals surface area contributed by atoms with Crippen LogP contribution in [0.2, 0.25) is 0 Å². The summed E-state index contributed by atoms with van der Waals surface area (Å²) in [6.07, 6.45) is 3.48. The summed E-state index contributed by atoms with van der Waals surface area (Å²) in [4.78, 5) is 0. The molecule has 1 aromatic rings. The van der Waals surface area contributed by atoms with Crippen molar-refractivity contribution >= 4 is 0 Å². The average molecular weight is 279 g/mol. The maximum atomic E-state index is 5.56. The second-order valence-corrected chi connectivity index (χ2v) is 5.27. The number of nitrogens with one attached hydrogen (secondary N) is 1. The van der Waals surface area contributed by atoms with Gasteiger partial charge in [0.1, 0.15) is 11.5 Å². The van der Waals surface area contributed by atoms with E-state index in [0.717, 1.165) is 30.0 Å². The van der Waals surface area contributed by atoms with Gasteiger partial charge in [-0.05, 0) is 37.4 Å². The molecule has 1 aromatic carbocycles. The Labute approximate surface area is 123 Å². The molecule has 0 heterocycles. The highest BCUT2D eigenvalue weighted by Gasteiger charge is 2.25. The highest BCUT2D eigenvalue weighted by atomic mass is 16.5. The predicted molar refractivity (Wildman–Crippen MR) is 84.7 cm³/mol. The lowest BCUT2D eigenvalue weighted by Gasteiger charge is -2.28. The molecule has 0 aliphatic heterocycles. The zero-order valence-electron chi connectivity index (χ0n) is 13.5. The Hall–Kier alpha value is -1.22. The Bertz CT molecular complexity index is 370. The van der Waals surface area contributed by atoms with Crippen LogP contribution < -0.4 is 14.8 Å². The lowest BCUT2D eigenvalue weighted by molar-refractivity contribution is 0.323. The predicted octanol–water partition coefficient (Wildman–Crippen LogP) is 4.18. The summed E-state index contributed by atoms with van der Waals surface area (Å²) in [5, 5.41) is 3.66. The van der Waals surface area contributed by atoms with Crippen LogP contribution in [0.25, 0.3) is 0 Å². The fourth-order valence-corrected chi connectivity index (χ4v) is 2.70. The van der Waals surface area contributed by atoms with E-state index < -0.39 is 0 Å². The summed E-state index contributed by atoms with van der Waals surface area (Å²) in [6, 6.07) is 6.26. The molecule has 0 aliphatic carbocycles. The van der Waals surface area contributed by atoms with Gasteiger partial charge in [0.05, 0.1) is 19.8 Å². The molecule has 3 nitrogen and oxygen atoms in total. The molecule has 0 radical (unpaired) electrons. The third-order valence-corrected chi connectivity index (χ3v) is 3.70. The van der Waals surface area contributed by atoms with E-state index >= 15 is 0 Å². The third-order valence-electron chi connectivity index (χ3n) is 3.70. The van der Waals surface area contributed by atoms with Gasteiger partial charge in [0.25, 0.3) is 0 Å². The molecule has 0 bridgehead atoms. The van der Waals surface area contributed by atoms with Crippen LogP contribution in [-0.4, -0.2) is 20.8 Å². The minimum atomic E-state index is 0.265. The van der Waals surface area contributed by atoms with E-state index in [2.05, 4.69) is 26.1 Å². The molecule has 114 valence electrons. The minimum Gasteiger partial charge on any atom is -0.496 e. The van der Waals surface area contributed by atoms with Gasteiger partial charge in [-0.3, -0.25) is 0 Å². The number of methoxy groups -OCH3 is 2. The van der Waals surface area contributed by atoms with Crippen molar-refractivity contribution in [2.75, 3.05) is 20.8 Å². The minimum absolute atomic E-state index is 0.265. The third kappa shape index (κ3) is 4.14. The quantitative estimate of drug-likeness (QED) is 0.735. The average Bonchev–Trinajstić information content (AvgIpc) is 2.47. The second-order valence-electron chi connectivity index (χ2n) is 5.27. The van der Waals surface area contributed by atoms with Crippen molar-refractivity contribution in [2.45, 2.75) is 46.1 Å². The van der Waals surface area contributed by atoms with Gasteiger partial charge in [0, 0.05) is 6.04 Å². The molecule has 0 aliphatic rings. The van der Waals surface area contributed by atoms with E-state index in [-0.39, 0.29) is 6.04 Å². The van der Waals surface area contributed by atoms with Gasteiger partial charge in [-0.1, -0.05) is 33.3 Å². The lowest BCUT2D eigenvalue weighted by atomic mass is 9.89. The second kappa shape index (κ2) is 8.85. The summed E-state index contributed by atoms with van der Waals surface area (Å²) < 4.78 is 11.1. The topological polar surface area (TPSA) is 30.5 Å². The van der Waals surface area contributed by atoms with Crippen molar-refractivity contribution in [2.24, 2.45) is 5.92 Å². The van der Waals surface area contributed by atoms with Crippen LogP contribution in [0.4, 0.5) is 0 Å². The molecule has 0 saturated carbocycles. The fourth-order valence-electron chi connectivity index (χ4n) is 2.70. The van der Waals surface area contributed by atoms with Crippen LogP contribution in [0.1, 0.15) is 51.6 Å². The monoisotopic (exact) mass is 279 g/mol. The van der Waals surface area contributed by atoms with Crippen molar-refractivity contribution < 1.29 is 9.47 Å². The highest BCUT2D eigenvalue weighted by Crippen LogP contribution is 2.38. The number of hydrogen-bond acceptors (Lipinski definition) is 3. The van der Waals surface area contributed by atoms with Crippen LogP contribution in [0.5, 0.6) is 11.5 Å². The van der Waals surface area contributed by atoms with Gasteiger partial charge in [-0.15, -0.1) is 0 Å². The van der Waals surface area contributed by atoms with Crippen LogP contribution in [-0.2, 0) is 0 Å². The molecule has 2 atom stereocenters. The molecule has 0 spiro atoms. The molecule has 2 unspecified atom stereocenters. The Balaban J connectivity index is 3.16. The summed E-state index contributed by atoms with van der Waals surface area (Å²) >= 11 is 0. The van der Waals surface area contributed by atoms with Gasteiger partial charge in [-0.2, -0.15) is 0 Å². The van der Waals surface area contributed by atoms with Crippen molar-refractivity contribution in [3.63, 3.8) is 0 Å². The Kier molecular flexibility index (Phi) is 7.45. The van der Waals surface area contributed by atoms with E-state index in [4.69, 9.17) is 9.47 Å². The van der Waals surface area contributed by atoms with E-state index in [1.165, 1.54) is 12.8 Å². The van der Waals surface area contributed by atoms with Gasteiger partial charge in [0.15, 0.2) is 0 Å². The summed E-state index contributed by atoms with van der Waals surface area (Å²) in [5.41, 5.74) is 1.15. The van der Waals surface area contributed by atoms with E-state index in [0.29, 0.717) is 5.92 Å². The molecule has 0 saturated heterocycles. The van der Waals surface area contributed by atoms with Crippen LogP contribution in [0.3, 0.4) is 0 Å². The molecule has 0 fully saturated rings. The first kappa shape index (κ1) is 16.8. The molecule has 20 heavy (non-hydrogen) atoms. The molecule has 3 heteroatoms. The summed E-state index contributed by atoms with van der Waals surface area (Å²) in [7, 11) is 3.44. The summed E-state index contributed by atoms with van der Waals surface area (Å²) in [5.74, 6) is 2.35. The maximum absolute atomic E-state index is 5.56. The first-order chi connectivity index (χ1) is 9.69. The highest BCUT2D eigenvalue weighted by molar-refractivity contribution is 5.47. The van der Waals surface area contributed by atoms with E-state index in [1.54, 1.807) is 14.2 Å². The Morgan fingerprint density at radius 3 is 2.10 bits per heavy atom. The number of rotatable bonds is 9. The zero-order valence-corrected chi connectivity index (χ0v) is 13.5. The van der Waals surface area contributed by atoms with Crippen LogP contribution >= 0.6 is 0 Å². The van der Waals surface area contributed by atoms with Gasteiger partial charge < -0.3 is 14.8 Å². The zero-order chi connectivity index (χ0) is 15.0. The molecule has 0 amide bonds. The number of benzene rings is 1. The van der Waals surface area contributed by atoms with Gasteiger partial charge >= 0.3 is 0 Å². The molecule has 0 aromatic heterocycles. The fraction of sp³-hybridized carbons (Fsp3) is 0.647. The largest absolute Gasteiger partial charge is 0.496 e. The normalized spacial score (nSPS) is 13.8. The van der Waals surface area contributed by atoms with Crippen molar-refractivity contribution in [1.29, 1.82) is 0 Å². The number of hydrogen-bond donors (Lipinski definition) is 1. The Morgan fingerprint density at radius 1 is 1.05 bits per heavy atom. The van der Waals surface area contributed by atoms with Crippen molar-refractivity contribution in [3.05, 3.63) is 23.8 Å². The molecular formula is C17H29NO2. The maximum Gasteiger partial charge on any atom is 0.127 e. The van der Waals surface area contributed by atoms with Gasteiger partial charge in [-0.25, -0.2) is 0 Å². The van der Waals surface area contributed by atoms with E-state index in [9.17, 15) is 0 Å². The Morgan fingerprint density at radius 2 is 1.65 bits per heavy atom. The standard InChI is InChI=1S/C17H29NO2/c1-6-9-13(3)17(18-12-7-2)16-14(19-4)10-8-11-15(16)20-5/h8,10-11,13,17-18H,6-7,9,12H2,1-5H3. The van der Waals surface area contributed by atoms with E-state index in [1.807, 2.05) is 18.2 Å². The van der Waals surface area contributed by atoms with Crippen molar-refractivity contribution in [3.8, 4) is 11.5 Å². The number of ether oxygens (including phenoxy) is 2. The molecular weight excluding hydrogens is 250 g/mol. The van der Waals surface area contributed by atoms with Crippen LogP contribution in [0, 0.1) is 5.92 Å². The SMILES string of the molecule is CCCNC(c1c(OC)cccc1OC)C(C)CCC. The smallest absolute Gasteiger partial charge is 0.127 e. The lowest BCUT2D eigenvalue weighted by Crippen LogP contribution is -2.28. The van der Waals surface area contributed by atoms with Gasteiger partial charge in [0.2, 0.25) is 0 Å². The summed E-state index contributed by atoms with van der Waals surface area (Å²) in [6.45, 7) is 7.71. The first-order valence-corrected chi connectivity index (χ1v) is 7.63. The van der Waals surface area contributed by atoms with Crippen LogP contribution in [0.15, 0.2) is 18.2 Å². The van der Waals surface area contributed by atoms with Crippen molar-refractivity contribution in [1.82, 2.24) is 5.32 Å². The first-order valence-electron chi connectivity index (χ1n) is 7.63. The molecule has 1 rings (SSSR count). The molecule has 1 N–H and O–H groups in total.